The Bertz CT molecular complexity index is 1260. The molecular formula is C24H18BrN3O2S2. The second-order valence-electron chi connectivity index (χ2n) is 7.08. The van der Waals surface area contributed by atoms with Gasteiger partial charge in [0.05, 0.1) is 29.2 Å². The molecule has 3 aromatic rings. The predicted octanol–water partition coefficient (Wildman–Crippen LogP) is 6.64. The second kappa shape index (κ2) is 8.69. The minimum atomic E-state index is -0.0776. The molecule has 32 heavy (non-hydrogen) atoms. The third-order valence-corrected chi connectivity index (χ3v) is 8.00. The number of hydrogen-bond acceptors (Lipinski definition) is 6. The van der Waals surface area contributed by atoms with Crippen molar-refractivity contribution in [3.8, 4) is 5.75 Å². The molecule has 5 nitrogen and oxygen atoms in total. The van der Waals surface area contributed by atoms with Crippen molar-refractivity contribution in [2.45, 2.75) is 4.90 Å². The van der Waals surface area contributed by atoms with Gasteiger partial charge in [-0.15, -0.1) is 0 Å². The van der Waals surface area contributed by atoms with Crippen molar-refractivity contribution in [3.05, 3.63) is 87.2 Å². The van der Waals surface area contributed by atoms with Crippen molar-refractivity contribution in [3.63, 3.8) is 0 Å². The fourth-order valence-electron chi connectivity index (χ4n) is 3.46. The Morgan fingerprint density at radius 3 is 2.44 bits per heavy atom. The van der Waals surface area contributed by atoms with Crippen LogP contribution in [0.1, 0.15) is 0 Å². The molecule has 2 aliphatic heterocycles. The van der Waals surface area contributed by atoms with Gasteiger partial charge in [0, 0.05) is 22.5 Å². The molecule has 1 fully saturated rings. The normalized spacial score (nSPS) is 19.1. The third kappa shape index (κ3) is 3.83. The number of benzene rings is 3. The predicted molar refractivity (Wildman–Crippen MR) is 137 cm³/mol. The molecule has 8 heteroatoms. The molecule has 0 saturated carbocycles. The summed E-state index contributed by atoms with van der Waals surface area (Å²) in [7, 11) is 3.63. The van der Waals surface area contributed by atoms with E-state index in [2.05, 4.69) is 20.8 Å². The van der Waals surface area contributed by atoms with Gasteiger partial charge in [-0.2, -0.15) is 0 Å². The van der Waals surface area contributed by atoms with Crippen molar-refractivity contribution in [2.75, 3.05) is 24.0 Å². The van der Waals surface area contributed by atoms with Gasteiger partial charge in [0.15, 0.2) is 5.17 Å². The first-order valence-electron chi connectivity index (χ1n) is 9.80. The van der Waals surface area contributed by atoms with E-state index in [1.54, 1.807) is 23.8 Å². The summed E-state index contributed by atoms with van der Waals surface area (Å²) in [5, 5.41) is 1.53. The third-order valence-electron chi connectivity index (χ3n) is 5.08. The van der Waals surface area contributed by atoms with E-state index in [0.717, 1.165) is 37.2 Å². The number of amidine groups is 1. The van der Waals surface area contributed by atoms with Gasteiger partial charge in [-0.05, 0) is 60.3 Å². The quantitative estimate of drug-likeness (QED) is 0.360. The lowest BCUT2D eigenvalue weighted by Crippen LogP contribution is -2.29. The molecule has 0 aromatic heterocycles. The lowest BCUT2D eigenvalue weighted by molar-refractivity contribution is -0.113. The number of nitrogens with zero attached hydrogens (tertiary/aromatic N) is 3. The fourth-order valence-corrected chi connectivity index (χ4v) is 6.05. The second-order valence-corrected chi connectivity index (χ2v) is 10.0. The average Bonchev–Trinajstić information content (AvgIpc) is 3.31. The number of thioether (sulfide) groups is 2. The lowest BCUT2D eigenvalue weighted by atomic mass is 10.2. The molecule has 1 amide bonds. The number of carbonyl (C=O) groups excluding carboxylic acids is 1. The summed E-state index contributed by atoms with van der Waals surface area (Å²) in [6.45, 7) is 0. The number of rotatable bonds is 3. The number of methoxy groups -OCH3 is 1. The maximum Gasteiger partial charge on any atom is 0.274 e. The minimum absolute atomic E-state index is 0.0776. The van der Waals surface area contributed by atoms with Gasteiger partial charge >= 0.3 is 0 Å². The number of hydrogen-bond donors (Lipinski definition) is 0. The highest BCUT2D eigenvalue weighted by atomic mass is 79.9. The van der Waals surface area contributed by atoms with Crippen LogP contribution in [0.5, 0.6) is 5.75 Å². The number of halogens is 1. The Hall–Kier alpha value is -2.68. The summed E-state index contributed by atoms with van der Waals surface area (Å²) in [5.41, 5.74) is 2.60. The van der Waals surface area contributed by atoms with Gasteiger partial charge in [0.25, 0.3) is 5.91 Å². The number of carbonyl (C=O) groups is 1. The van der Waals surface area contributed by atoms with Crippen LogP contribution in [-0.4, -0.2) is 25.2 Å². The zero-order chi connectivity index (χ0) is 22.2. The van der Waals surface area contributed by atoms with Crippen LogP contribution in [0.25, 0.3) is 0 Å². The molecule has 2 heterocycles. The van der Waals surface area contributed by atoms with Gasteiger partial charge in [0.1, 0.15) is 10.7 Å². The van der Waals surface area contributed by atoms with E-state index in [1.807, 2.05) is 79.8 Å². The highest BCUT2D eigenvalue weighted by Gasteiger charge is 2.40. The molecule has 0 aliphatic carbocycles. The van der Waals surface area contributed by atoms with Gasteiger partial charge in [0.2, 0.25) is 0 Å². The van der Waals surface area contributed by atoms with Crippen molar-refractivity contribution >= 4 is 67.6 Å². The van der Waals surface area contributed by atoms with Crippen molar-refractivity contribution in [1.82, 2.24) is 0 Å². The summed E-state index contributed by atoms with van der Waals surface area (Å²) < 4.78 is 6.36. The van der Waals surface area contributed by atoms with Crippen LogP contribution in [0, 0.1) is 0 Å². The molecular weight excluding hydrogens is 506 g/mol. The summed E-state index contributed by atoms with van der Waals surface area (Å²) in [6, 6.07) is 23.3. The van der Waals surface area contributed by atoms with Gasteiger partial charge in [-0.3, -0.25) is 9.69 Å². The smallest absolute Gasteiger partial charge is 0.274 e. The van der Waals surface area contributed by atoms with Crippen molar-refractivity contribution < 1.29 is 9.53 Å². The van der Waals surface area contributed by atoms with E-state index in [1.165, 1.54) is 11.8 Å². The molecule has 0 unspecified atom stereocenters. The molecule has 2 aliphatic rings. The van der Waals surface area contributed by atoms with Crippen LogP contribution < -0.4 is 14.5 Å². The highest BCUT2D eigenvalue weighted by Crippen LogP contribution is 2.51. The fraction of sp³-hybridized carbons (Fsp3) is 0.0833. The number of para-hydroxylation sites is 1. The number of amides is 1. The first kappa shape index (κ1) is 21.2. The standard InChI is InChI=1S/C24H18BrN3O2S2/c1-27-19-14-18(30-2)12-13-20(19)31-23(27)21-22(29)28(17-6-4-3-5-7-17)24(32-21)26-16-10-8-15(25)9-11-16/h3-14H,1-2H3/b23-21-,26-24?. The van der Waals surface area contributed by atoms with E-state index in [-0.39, 0.29) is 5.91 Å². The highest BCUT2D eigenvalue weighted by molar-refractivity contribution is 9.10. The molecule has 0 radical (unpaired) electrons. The van der Waals surface area contributed by atoms with Crippen molar-refractivity contribution in [2.24, 2.45) is 4.99 Å². The summed E-state index contributed by atoms with van der Waals surface area (Å²) in [4.78, 5) is 24.0. The first-order chi connectivity index (χ1) is 15.5. The monoisotopic (exact) mass is 523 g/mol. The largest absolute Gasteiger partial charge is 0.497 e. The molecule has 0 N–H and O–H groups in total. The van der Waals surface area contributed by atoms with Crippen molar-refractivity contribution in [1.29, 1.82) is 0 Å². The van der Waals surface area contributed by atoms with Gasteiger partial charge in [-0.1, -0.05) is 45.9 Å². The maximum atomic E-state index is 13.7. The number of fused-ring (bicyclic) bond motifs is 1. The minimum Gasteiger partial charge on any atom is -0.497 e. The van der Waals surface area contributed by atoms with Crippen LogP contribution in [0.4, 0.5) is 17.1 Å². The van der Waals surface area contributed by atoms with Crippen LogP contribution in [-0.2, 0) is 4.79 Å². The Morgan fingerprint density at radius 1 is 0.969 bits per heavy atom. The van der Waals surface area contributed by atoms with Crippen LogP contribution in [0.3, 0.4) is 0 Å². The van der Waals surface area contributed by atoms with E-state index in [0.29, 0.717) is 10.1 Å². The van der Waals surface area contributed by atoms with E-state index >= 15 is 0 Å². The Labute approximate surface area is 203 Å². The lowest BCUT2D eigenvalue weighted by Gasteiger charge is -2.17. The molecule has 0 bridgehead atoms. The van der Waals surface area contributed by atoms with Crippen LogP contribution in [0.15, 0.2) is 97.1 Å². The Balaban J connectivity index is 1.59. The summed E-state index contributed by atoms with van der Waals surface area (Å²) in [6.07, 6.45) is 0. The van der Waals surface area contributed by atoms with Crippen LogP contribution in [0.2, 0.25) is 0 Å². The molecule has 0 atom stereocenters. The molecule has 5 rings (SSSR count). The molecule has 160 valence electrons. The van der Waals surface area contributed by atoms with E-state index < -0.39 is 0 Å². The molecule has 3 aromatic carbocycles. The number of anilines is 2. The van der Waals surface area contributed by atoms with Gasteiger partial charge < -0.3 is 9.64 Å². The Kier molecular flexibility index (Phi) is 5.75. The number of ether oxygens (including phenoxy) is 1. The number of aliphatic imine (C=N–C) groups is 1. The summed E-state index contributed by atoms with van der Waals surface area (Å²) in [5.74, 6) is 0.711. The van der Waals surface area contributed by atoms with E-state index in [4.69, 9.17) is 9.73 Å². The zero-order valence-corrected chi connectivity index (χ0v) is 20.5. The SMILES string of the molecule is COc1ccc2c(c1)N(C)/C(=C1/SC(=Nc3ccc(Br)cc3)N(c3ccccc3)C1=O)S2. The molecule has 1 saturated heterocycles. The average molecular weight is 524 g/mol. The summed E-state index contributed by atoms with van der Waals surface area (Å²) >= 11 is 6.45. The Morgan fingerprint density at radius 2 is 1.72 bits per heavy atom. The zero-order valence-electron chi connectivity index (χ0n) is 17.3. The molecule has 0 spiro atoms. The van der Waals surface area contributed by atoms with Crippen LogP contribution >= 0.6 is 39.5 Å². The van der Waals surface area contributed by atoms with E-state index in [9.17, 15) is 4.79 Å². The topological polar surface area (TPSA) is 45.1 Å². The maximum absolute atomic E-state index is 13.7. The van der Waals surface area contributed by atoms with Gasteiger partial charge in [-0.25, -0.2) is 4.99 Å². The first-order valence-corrected chi connectivity index (χ1v) is 12.2.